The Labute approximate surface area is 108 Å². The first-order valence-corrected chi connectivity index (χ1v) is 7.68. The fourth-order valence-electron chi connectivity index (χ4n) is 2.28. The zero-order chi connectivity index (χ0) is 13.2. The minimum atomic E-state index is -3.54. The van der Waals surface area contributed by atoms with Crippen LogP contribution in [-0.4, -0.2) is 47.3 Å². The number of hydrogen-bond donors (Lipinski definition) is 2. The van der Waals surface area contributed by atoms with E-state index in [0.717, 1.165) is 6.42 Å². The van der Waals surface area contributed by atoms with Gasteiger partial charge in [0.2, 0.25) is 10.0 Å². The van der Waals surface area contributed by atoms with Gasteiger partial charge in [0.05, 0.1) is 17.6 Å². The highest BCUT2D eigenvalue weighted by Crippen LogP contribution is 2.28. The third-order valence-electron chi connectivity index (χ3n) is 3.39. The predicted octanol–water partition coefficient (Wildman–Crippen LogP) is 0.0836. The Balaban J connectivity index is 3.01. The maximum absolute atomic E-state index is 12.4. The van der Waals surface area contributed by atoms with Crippen molar-refractivity contribution in [3.63, 3.8) is 0 Å². The molecule has 100 valence electrons. The van der Waals surface area contributed by atoms with Gasteiger partial charge in [0.15, 0.2) is 0 Å². The van der Waals surface area contributed by atoms with E-state index >= 15 is 0 Å². The molecule has 1 aliphatic heterocycles. The summed E-state index contributed by atoms with van der Waals surface area (Å²) in [5.41, 5.74) is 5.49. The summed E-state index contributed by atoms with van der Waals surface area (Å²) in [7, 11) is -3.54. The maximum atomic E-state index is 12.4. The molecule has 0 radical (unpaired) electrons. The summed E-state index contributed by atoms with van der Waals surface area (Å²) in [4.78, 5) is 0.00347. The second kappa shape index (κ2) is 5.60. The SMILES string of the molecule is CCC(C(N)=S)S(=O)(=O)N1CCC(C)C1CO. The smallest absolute Gasteiger partial charge is 0.223 e. The molecular formula is C10H20N2O3S2. The van der Waals surface area contributed by atoms with Crippen molar-refractivity contribution >= 4 is 27.2 Å². The molecule has 0 aliphatic carbocycles. The van der Waals surface area contributed by atoms with Crippen LogP contribution in [0.1, 0.15) is 26.7 Å². The monoisotopic (exact) mass is 280 g/mol. The van der Waals surface area contributed by atoms with Crippen molar-refractivity contribution in [2.45, 2.75) is 38.0 Å². The van der Waals surface area contributed by atoms with Crippen LogP contribution in [0.2, 0.25) is 0 Å². The largest absolute Gasteiger partial charge is 0.395 e. The van der Waals surface area contributed by atoms with Crippen molar-refractivity contribution in [3.05, 3.63) is 0 Å². The van der Waals surface area contributed by atoms with Crippen LogP contribution in [0.3, 0.4) is 0 Å². The van der Waals surface area contributed by atoms with Crippen molar-refractivity contribution in [1.29, 1.82) is 0 Å². The van der Waals surface area contributed by atoms with Crippen molar-refractivity contribution < 1.29 is 13.5 Å². The average Bonchev–Trinajstić information content (AvgIpc) is 2.59. The topological polar surface area (TPSA) is 83.6 Å². The van der Waals surface area contributed by atoms with Crippen LogP contribution in [-0.2, 0) is 10.0 Å². The number of sulfonamides is 1. The van der Waals surface area contributed by atoms with Crippen LogP contribution in [0, 0.1) is 5.92 Å². The van der Waals surface area contributed by atoms with Gasteiger partial charge in [-0.2, -0.15) is 4.31 Å². The molecule has 3 N–H and O–H groups in total. The fraction of sp³-hybridized carbons (Fsp3) is 0.900. The van der Waals surface area contributed by atoms with Gasteiger partial charge in [0.25, 0.3) is 0 Å². The van der Waals surface area contributed by atoms with Crippen LogP contribution in [0.5, 0.6) is 0 Å². The van der Waals surface area contributed by atoms with E-state index in [2.05, 4.69) is 0 Å². The molecular weight excluding hydrogens is 260 g/mol. The first kappa shape index (κ1) is 14.8. The standard InChI is InChI=1S/C10H20N2O3S2/c1-3-9(10(11)16)17(14,15)12-5-4-7(2)8(12)6-13/h7-9,13H,3-6H2,1-2H3,(H2,11,16). The van der Waals surface area contributed by atoms with Crippen molar-refractivity contribution in [1.82, 2.24) is 4.31 Å². The quantitative estimate of drug-likeness (QED) is 0.697. The van der Waals surface area contributed by atoms with Crippen LogP contribution < -0.4 is 5.73 Å². The molecule has 3 atom stereocenters. The molecule has 0 spiro atoms. The molecule has 3 unspecified atom stereocenters. The Morgan fingerprint density at radius 3 is 2.65 bits per heavy atom. The van der Waals surface area contributed by atoms with Gasteiger partial charge in [-0.15, -0.1) is 0 Å². The first-order chi connectivity index (χ1) is 7.86. The molecule has 5 nitrogen and oxygen atoms in total. The zero-order valence-corrected chi connectivity index (χ0v) is 11.8. The number of nitrogens with zero attached hydrogens (tertiary/aromatic N) is 1. The highest BCUT2D eigenvalue weighted by atomic mass is 32.2. The molecule has 1 rings (SSSR count). The Bertz CT molecular complexity index is 383. The van der Waals surface area contributed by atoms with Crippen LogP contribution >= 0.6 is 12.2 Å². The molecule has 17 heavy (non-hydrogen) atoms. The lowest BCUT2D eigenvalue weighted by molar-refractivity contribution is 0.190. The predicted molar refractivity (Wildman–Crippen MR) is 71.1 cm³/mol. The third-order valence-corrected chi connectivity index (χ3v) is 6.24. The lowest BCUT2D eigenvalue weighted by atomic mass is 10.0. The third kappa shape index (κ3) is 2.78. The summed E-state index contributed by atoms with van der Waals surface area (Å²) in [5, 5.41) is 8.47. The molecule has 7 heteroatoms. The van der Waals surface area contributed by atoms with Crippen LogP contribution in [0.4, 0.5) is 0 Å². The summed E-state index contributed by atoms with van der Waals surface area (Å²) < 4.78 is 26.1. The van der Waals surface area contributed by atoms with E-state index in [4.69, 9.17) is 18.0 Å². The van der Waals surface area contributed by atoms with E-state index in [-0.39, 0.29) is 23.6 Å². The normalized spacial score (nSPS) is 28.2. The number of aliphatic hydroxyl groups excluding tert-OH is 1. The Kier molecular flexibility index (Phi) is 4.88. The highest BCUT2D eigenvalue weighted by molar-refractivity contribution is 7.92. The minimum Gasteiger partial charge on any atom is -0.395 e. The molecule has 0 aromatic carbocycles. The number of aliphatic hydroxyl groups is 1. The number of hydrogen-bond acceptors (Lipinski definition) is 4. The molecule has 1 heterocycles. The zero-order valence-electron chi connectivity index (χ0n) is 10.2. The Morgan fingerprint density at radius 1 is 1.65 bits per heavy atom. The number of rotatable bonds is 5. The van der Waals surface area contributed by atoms with E-state index in [0.29, 0.717) is 13.0 Å². The van der Waals surface area contributed by atoms with Gasteiger partial charge in [0, 0.05) is 6.54 Å². The van der Waals surface area contributed by atoms with E-state index in [1.54, 1.807) is 6.92 Å². The molecule has 0 amide bonds. The van der Waals surface area contributed by atoms with Gasteiger partial charge in [0.1, 0.15) is 5.25 Å². The lowest BCUT2D eigenvalue weighted by Crippen LogP contribution is -2.48. The first-order valence-electron chi connectivity index (χ1n) is 5.77. The molecule has 0 bridgehead atoms. The second-order valence-corrected chi connectivity index (χ2v) is 7.01. The minimum absolute atomic E-state index is 0.00347. The van der Waals surface area contributed by atoms with Crippen LogP contribution in [0.15, 0.2) is 0 Å². The van der Waals surface area contributed by atoms with Gasteiger partial charge in [-0.05, 0) is 18.8 Å². The summed E-state index contributed by atoms with van der Waals surface area (Å²) in [6, 6.07) is -0.344. The summed E-state index contributed by atoms with van der Waals surface area (Å²) in [6.07, 6.45) is 1.12. The Hall–Kier alpha value is -0.240. The molecule has 0 aromatic heterocycles. The van der Waals surface area contributed by atoms with Crippen molar-refractivity contribution in [3.8, 4) is 0 Å². The van der Waals surface area contributed by atoms with Gasteiger partial charge in [-0.3, -0.25) is 0 Å². The lowest BCUT2D eigenvalue weighted by Gasteiger charge is -2.28. The van der Waals surface area contributed by atoms with E-state index in [1.165, 1.54) is 4.31 Å². The highest BCUT2D eigenvalue weighted by Gasteiger charge is 2.42. The second-order valence-electron chi connectivity index (χ2n) is 4.47. The summed E-state index contributed by atoms with van der Waals surface area (Å²) >= 11 is 4.81. The van der Waals surface area contributed by atoms with E-state index < -0.39 is 15.3 Å². The molecule has 1 saturated heterocycles. The number of thiocarbonyl (C=S) groups is 1. The Morgan fingerprint density at radius 2 is 2.24 bits per heavy atom. The van der Waals surface area contributed by atoms with Gasteiger partial charge in [-0.25, -0.2) is 8.42 Å². The van der Waals surface area contributed by atoms with E-state index in [9.17, 15) is 13.5 Å². The molecule has 1 aliphatic rings. The van der Waals surface area contributed by atoms with Crippen LogP contribution in [0.25, 0.3) is 0 Å². The number of nitrogens with two attached hydrogens (primary N) is 1. The van der Waals surface area contributed by atoms with Gasteiger partial charge >= 0.3 is 0 Å². The molecule has 1 fully saturated rings. The summed E-state index contributed by atoms with van der Waals surface area (Å²) in [5.74, 6) is 0.165. The molecule has 0 aromatic rings. The van der Waals surface area contributed by atoms with Gasteiger partial charge < -0.3 is 10.8 Å². The van der Waals surface area contributed by atoms with Gasteiger partial charge in [-0.1, -0.05) is 26.1 Å². The average molecular weight is 280 g/mol. The van der Waals surface area contributed by atoms with E-state index in [1.807, 2.05) is 6.92 Å². The fourth-order valence-corrected chi connectivity index (χ4v) is 4.87. The van der Waals surface area contributed by atoms with Crippen molar-refractivity contribution in [2.24, 2.45) is 11.7 Å². The summed E-state index contributed by atoms with van der Waals surface area (Å²) in [6.45, 7) is 3.97. The molecule has 0 saturated carbocycles. The maximum Gasteiger partial charge on any atom is 0.223 e. The van der Waals surface area contributed by atoms with Crippen molar-refractivity contribution in [2.75, 3.05) is 13.2 Å².